The van der Waals surface area contributed by atoms with E-state index in [4.69, 9.17) is 5.73 Å². The van der Waals surface area contributed by atoms with Gasteiger partial charge in [-0.15, -0.1) is 0 Å². The van der Waals surface area contributed by atoms with Crippen molar-refractivity contribution in [3.8, 4) is 0 Å². The Morgan fingerprint density at radius 2 is 1.79 bits per heavy atom. The Morgan fingerprint density at radius 3 is 2.07 bits per heavy atom. The molecular weight excluding hydrogens is 180 g/mol. The number of carbonyl (C=O) groups is 2. The third-order valence-electron chi connectivity index (χ3n) is 1.85. The molecule has 0 saturated heterocycles. The lowest BCUT2D eigenvalue weighted by atomic mass is 9.94. The first-order chi connectivity index (χ1) is 6.30. The molecule has 0 atom stereocenters. The van der Waals surface area contributed by atoms with Crippen molar-refractivity contribution in [1.82, 2.24) is 4.90 Å². The zero-order valence-electron chi connectivity index (χ0n) is 9.46. The summed E-state index contributed by atoms with van der Waals surface area (Å²) < 4.78 is 0. The second-order valence-electron chi connectivity index (χ2n) is 4.37. The quantitative estimate of drug-likeness (QED) is 0.731. The molecule has 0 spiro atoms. The van der Waals surface area contributed by atoms with Crippen LogP contribution in [0.25, 0.3) is 0 Å². The molecule has 0 aromatic heterocycles. The summed E-state index contributed by atoms with van der Waals surface area (Å²) in [6, 6.07) is 0. The summed E-state index contributed by atoms with van der Waals surface area (Å²) in [5.74, 6) is -0.350. The molecule has 0 aliphatic heterocycles. The topological polar surface area (TPSA) is 63.4 Å². The number of nitrogens with zero attached hydrogens (tertiary/aromatic N) is 1. The van der Waals surface area contributed by atoms with Gasteiger partial charge in [0.1, 0.15) is 0 Å². The fourth-order valence-electron chi connectivity index (χ4n) is 1.06. The van der Waals surface area contributed by atoms with E-state index in [1.807, 2.05) is 0 Å². The molecule has 0 bridgehead atoms. The summed E-state index contributed by atoms with van der Waals surface area (Å²) in [5, 5.41) is 0. The average molecular weight is 200 g/mol. The minimum Gasteiger partial charge on any atom is -0.330 e. The van der Waals surface area contributed by atoms with E-state index in [9.17, 15) is 9.59 Å². The van der Waals surface area contributed by atoms with Crippen molar-refractivity contribution >= 4 is 11.8 Å². The van der Waals surface area contributed by atoms with Crippen LogP contribution in [-0.4, -0.2) is 29.8 Å². The SMILES string of the molecule is CC(=O)N(CCCN)C(=O)C(C)(C)C. The van der Waals surface area contributed by atoms with Crippen LogP contribution in [0.5, 0.6) is 0 Å². The van der Waals surface area contributed by atoms with Crippen molar-refractivity contribution < 1.29 is 9.59 Å². The van der Waals surface area contributed by atoms with Gasteiger partial charge in [-0.05, 0) is 13.0 Å². The van der Waals surface area contributed by atoms with Gasteiger partial charge in [0.2, 0.25) is 11.8 Å². The highest BCUT2D eigenvalue weighted by molar-refractivity contribution is 5.96. The fourth-order valence-corrected chi connectivity index (χ4v) is 1.06. The van der Waals surface area contributed by atoms with Gasteiger partial charge in [-0.25, -0.2) is 0 Å². The van der Waals surface area contributed by atoms with Crippen molar-refractivity contribution in [2.45, 2.75) is 34.1 Å². The molecule has 4 nitrogen and oxygen atoms in total. The molecule has 0 heterocycles. The van der Waals surface area contributed by atoms with E-state index in [1.54, 1.807) is 20.8 Å². The summed E-state index contributed by atoms with van der Waals surface area (Å²) in [4.78, 5) is 24.2. The van der Waals surface area contributed by atoms with E-state index in [2.05, 4.69) is 0 Å². The number of rotatable bonds is 3. The molecule has 0 aromatic carbocycles. The Hall–Kier alpha value is -0.900. The van der Waals surface area contributed by atoms with Crippen LogP contribution in [0.15, 0.2) is 0 Å². The lowest BCUT2D eigenvalue weighted by Gasteiger charge is -2.26. The van der Waals surface area contributed by atoms with Gasteiger partial charge >= 0.3 is 0 Å². The van der Waals surface area contributed by atoms with E-state index < -0.39 is 5.41 Å². The third-order valence-corrected chi connectivity index (χ3v) is 1.85. The highest BCUT2D eigenvalue weighted by Crippen LogP contribution is 2.17. The zero-order chi connectivity index (χ0) is 11.4. The summed E-state index contributed by atoms with van der Waals surface area (Å²) >= 11 is 0. The average Bonchev–Trinajstić information content (AvgIpc) is 2.02. The third kappa shape index (κ3) is 3.87. The Balaban J connectivity index is 4.50. The molecule has 0 aliphatic carbocycles. The second kappa shape index (κ2) is 5.10. The largest absolute Gasteiger partial charge is 0.330 e. The summed E-state index contributed by atoms with van der Waals surface area (Å²) in [5.41, 5.74) is 4.82. The first kappa shape index (κ1) is 13.1. The summed E-state index contributed by atoms with van der Waals surface area (Å²) in [6.07, 6.45) is 0.654. The molecule has 0 unspecified atom stereocenters. The van der Waals surface area contributed by atoms with Crippen LogP contribution in [0.3, 0.4) is 0 Å². The zero-order valence-corrected chi connectivity index (χ0v) is 9.46. The predicted octanol–water partition coefficient (Wildman–Crippen LogP) is 0.756. The maximum Gasteiger partial charge on any atom is 0.234 e. The molecule has 0 aliphatic rings. The highest BCUT2D eigenvalue weighted by Gasteiger charge is 2.28. The summed E-state index contributed by atoms with van der Waals surface area (Å²) in [7, 11) is 0. The maximum absolute atomic E-state index is 11.8. The lowest BCUT2D eigenvalue weighted by Crippen LogP contribution is -2.43. The first-order valence-electron chi connectivity index (χ1n) is 4.83. The molecule has 0 rings (SSSR count). The molecule has 4 heteroatoms. The van der Waals surface area contributed by atoms with Crippen molar-refractivity contribution in [2.24, 2.45) is 11.1 Å². The Kier molecular flexibility index (Phi) is 4.77. The molecule has 0 saturated carbocycles. The van der Waals surface area contributed by atoms with Crippen molar-refractivity contribution in [3.63, 3.8) is 0 Å². The van der Waals surface area contributed by atoms with Gasteiger partial charge in [0.15, 0.2) is 0 Å². The number of hydrogen-bond acceptors (Lipinski definition) is 3. The van der Waals surface area contributed by atoms with Crippen molar-refractivity contribution in [1.29, 1.82) is 0 Å². The number of nitrogens with two attached hydrogens (primary N) is 1. The minimum atomic E-state index is -0.514. The van der Waals surface area contributed by atoms with Crippen molar-refractivity contribution in [3.05, 3.63) is 0 Å². The molecule has 2 amide bonds. The predicted molar refractivity (Wildman–Crippen MR) is 55.5 cm³/mol. The smallest absolute Gasteiger partial charge is 0.234 e. The monoisotopic (exact) mass is 200 g/mol. The minimum absolute atomic E-state index is 0.140. The molecule has 0 fully saturated rings. The fraction of sp³-hybridized carbons (Fsp3) is 0.800. The Bertz CT molecular complexity index is 219. The van der Waals surface area contributed by atoms with E-state index in [0.29, 0.717) is 19.5 Å². The van der Waals surface area contributed by atoms with E-state index in [0.717, 1.165) is 0 Å². The van der Waals surface area contributed by atoms with Gasteiger partial charge < -0.3 is 5.73 Å². The lowest BCUT2D eigenvalue weighted by molar-refractivity contribution is -0.149. The van der Waals surface area contributed by atoms with Crippen LogP contribution in [-0.2, 0) is 9.59 Å². The number of amides is 2. The first-order valence-corrected chi connectivity index (χ1v) is 4.83. The van der Waals surface area contributed by atoms with Crippen LogP contribution in [0.4, 0.5) is 0 Å². The molecule has 0 aromatic rings. The van der Waals surface area contributed by atoms with E-state index in [-0.39, 0.29) is 11.8 Å². The van der Waals surface area contributed by atoms with Crippen molar-refractivity contribution in [2.75, 3.05) is 13.1 Å². The summed E-state index contributed by atoms with van der Waals surface area (Å²) in [6.45, 7) is 7.71. The standard InChI is InChI=1S/C10H20N2O2/c1-8(13)12(7-5-6-11)9(14)10(2,3)4/h5-7,11H2,1-4H3. The van der Waals surface area contributed by atoms with Gasteiger partial charge in [-0.3, -0.25) is 14.5 Å². The molecule has 14 heavy (non-hydrogen) atoms. The van der Waals surface area contributed by atoms with Gasteiger partial charge in [0, 0.05) is 18.9 Å². The normalized spacial score (nSPS) is 11.2. The Morgan fingerprint density at radius 1 is 1.29 bits per heavy atom. The molecule has 2 N–H and O–H groups in total. The van der Waals surface area contributed by atoms with E-state index in [1.165, 1.54) is 11.8 Å². The van der Waals surface area contributed by atoms with Crippen LogP contribution >= 0.6 is 0 Å². The molecule has 82 valence electrons. The maximum atomic E-state index is 11.8. The van der Waals surface area contributed by atoms with Crippen LogP contribution in [0, 0.1) is 5.41 Å². The van der Waals surface area contributed by atoms with E-state index >= 15 is 0 Å². The van der Waals surface area contributed by atoms with Crippen LogP contribution < -0.4 is 5.73 Å². The highest BCUT2D eigenvalue weighted by atomic mass is 16.2. The number of imide groups is 1. The number of carbonyl (C=O) groups excluding carboxylic acids is 2. The van der Waals surface area contributed by atoms with Gasteiger partial charge in [0.25, 0.3) is 0 Å². The van der Waals surface area contributed by atoms with Gasteiger partial charge in [-0.1, -0.05) is 20.8 Å². The van der Waals surface area contributed by atoms with Crippen LogP contribution in [0.2, 0.25) is 0 Å². The molecular formula is C10H20N2O2. The number of hydrogen-bond donors (Lipinski definition) is 1. The van der Waals surface area contributed by atoms with Gasteiger partial charge in [0.05, 0.1) is 0 Å². The van der Waals surface area contributed by atoms with Gasteiger partial charge in [-0.2, -0.15) is 0 Å². The van der Waals surface area contributed by atoms with Crippen LogP contribution in [0.1, 0.15) is 34.1 Å². The second-order valence-corrected chi connectivity index (χ2v) is 4.37. The molecule has 0 radical (unpaired) electrons. The Labute approximate surface area is 85.4 Å².